The van der Waals surface area contributed by atoms with Crippen LogP contribution in [0, 0.1) is 5.82 Å². The molecule has 0 aliphatic carbocycles. The van der Waals surface area contributed by atoms with Gasteiger partial charge in [-0.05, 0) is 42.5 Å². The number of carbonyl (C=O) groups is 2. The Labute approximate surface area is 205 Å². The van der Waals surface area contributed by atoms with Crippen LogP contribution in [0.5, 0.6) is 0 Å². The van der Waals surface area contributed by atoms with Crippen LogP contribution in [0.3, 0.4) is 0 Å². The molecule has 5 rings (SSSR count). The number of rotatable bonds is 8. The van der Waals surface area contributed by atoms with Gasteiger partial charge in [-0.2, -0.15) is 0 Å². The van der Waals surface area contributed by atoms with E-state index in [9.17, 15) is 9.59 Å². The molecule has 2 aromatic heterocycles. The summed E-state index contributed by atoms with van der Waals surface area (Å²) < 4.78 is 21.8. The van der Waals surface area contributed by atoms with Crippen LogP contribution in [-0.4, -0.2) is 26.8 Å². The summed E-state index contributed by atoms with van der Waals surface area (Å²) in [6.45, 7) is -0.118. The van der Waals surface area contributed by atoms with Crippen LogP contribution in [0.15, 0.2) is 102 Å². The Balaban J connectivity index is 1.55. The van der Waals surface area contributed by atoms with E-state index in [0.717, 1.165) is 0 Å². The van der Waals surface area contributed by atoms with Crippen molar-refractivity contribution < 1.29 is 18.4 Å². The molecule has 0 spiro atoms. The molecule has 0 unspecified atom stereocenters. The van der Waals surface area contributed by atoms with Gasteiger partial charge in [0.15, 0.2) is 0 Å². The molecule has 0 saturated carbocycles. The maximum Gasteiger partial charge on any atom is 0.249 e. The van der Waals surface area contributed by atoms with Gasteiger partial charge < -0.3 is 9.73 Å². The minimum Gasteiger partial charge on any atom is -0.467 e. The predicted octanol–water partition coefficient (Wildman–Crippen LogP) is 4.25. The number of furan rings is 1. The highest BCUT2D eigenvalue weighted by Gasteiger charge is 2.35. The average molecular weight is 484 g/mol. The molecular formula is C27H22FN5O3. The lowest BCUT2D eigenvalue weighted by atomic mass is 10.0. The maximum atomic E-state index is 15.1. The second-order valence-electron chi connectivity index (χ2n) is 8.06. The smallest absolute Gasteiger partial charge is 0.249 e. The normalized spacial score (nSPS) is 11.8. The van der Waals surface area contributed by atoms with E-state index < -0.39 is 23.7 Å². The molecule has 0 bridgehead atoms. The number of aromatic nitrogens is 3. The zero-order chi connectivity index (χ0) is 24.9. The first-order chi connectivity index (χ1) is 17.6. The van der Waals surface area contributed by atoms with Crippen LogP contribution in [0.1, 0.15) is 17.4 Å². The molecular weight excluding hydrogens is 461 g/mol. The van der Waals surface area contributed by atoms with Gasteiger partial charge in [-0.3, -0.25) is 14.5 Å². The highest BCUT2D eigenvalue weighted by molar-refractivity contribution is 6.01. The zero-order valence-corrected chi connectivity index (χ0v) is 19.1. The first kappa shape index (κ1) is 23.0. The number of nitrogens with zero attached hydrogens (tertiary/aromatic N) is 4. The topological polar surface area (TPSA) is 93.3 Å². The van der Waals surface area contributed by atoms with Gasteiger partial charge in [-0.25, -0.2) is 9.07 Å². The number of fused-ring (bicyclic) bond motifs is 1. The number of amides is 2. The summed E-state index contributed by atoms with van der Waals surface area (Å²) >= 11 is 0. The zero-order valence-electron chi connectivity index (χ0n) is 19.1. The summed E-state index contributed by atoms with van der Waals surface area (Å²) in [5.74, 6) is -1.09. The lowest BCUT2D eigenvalue weighted by molar-refractivity contribution is -0.127. The SMILES string of the molecule is O=C(NCc1ccco1)[C@@H](c1ccccc1F)N(C(=O)Cn1nnc2ccccc21)c1ccccc1. The molecule has 1 atom stereocenters. The Kier molecular flexibility index (Phi) is 6.53. The molecule has 0 saturated heterocycles. The summed E-state index contributed by atoms with van der Waals surface area (Å²) in [6.07, 6.45) is 1.50. The number of carbonyl (C=O) groups excluding carboxylic acids is 2. The largest absolute Gasteiger partial charge is 0.467 e. The molecule has 0 aliphatic heterocycles. The molecule has 0 aliphatic rings. The van der Waals surface area contributed by atoms with E-state index in [1.54, 1.807) is 60.7 Å². The Morgan fingerprint density at radius 3 is 2.47 bits per heavy atom. The van der Waals surface area contributed by atoms with Gasteiger partial charge in [-0.1, -0.05) is 53.7 Å². The molecule has 3 aromatic carbocycles. The van der Waals surface area contributed by atoms with Crippen LogP contribution >= 0.6 is 0 Å². The molecule has 36 heavy (non-hydrogen) atoms. The van der Waals surface area contributed by atoms with Gasteiger partial charge in [0.2, 0.25) is 11.8 Å². The summed E-state index contributed by atoms with van der Waals surface area (Å²) in [5, 5.41) is 11.0. The quantitative estimate of drug-likeness (QED) is 0.356. The highest BCUT2D eigenvalue weighted by atomic mass is 19.1. The first-order valence-corrected chi connectivity index (χ1v) is 11.3. The second kappa shape index (κ2) is 10.2. The van der Waals surface area contributed by atoms with E-state index >= 15 is 4.39 Å². The minimum absolute atomic E-state index is 0.0649. The Hall–Kier alpha value is -4.79. The van der Waals surface area contributed by atoms with Gasteiger partial charge in [0.1, 0.15) is 29.7 Å². The van der Waals surface area contributed by atoms with Crippen molar-refractivity contribution in [3.8, 4) is 0 Å². The second-order valence-corrected chi connectivity index (χ2v) is 8.06. The van der Waals surface area contributed by atoms with Crippen molar-refractivity contribution in [3.63, 3.8) is 0 Å². The van der Waals surface area contributed by atoms with Crippen LogP contribution in [0.2, 0.25) is 0 Å². The fourth-order valence-electron chi connectivity index (χ4n) is 4.04. The van der Waals surface area contributed by atoms with Crippen molar-refractivity contribution in [1.82, 2.24) is 20.3 Å². The summed E-state index contributed by atoms with van der Waals surface area (Å²) in [5.41, 5.74) is 1.81. The van der Waals surface area contributed by atoms with Gasteiger partial charge in [0.25, 0.3) is 0 Å². The Morgan fingerprint density at radius 1 is 0.944 bits per heavy atom. The summed E-state index contributed by atoms with van der Waals surface area (Å²) in [4.78, 5) is 28.7. The fraction of sp³-hybridized carbons (Fsp3) is 0.111. The maximum absolute atomic E-state index is 15.1. The van der Waals surface area contributed by atoms with Crippen molar-refractivity contribution in [3.05, 3.63) is 114 Å². The number of nitrogens with one attached hydrogen (secondary N) is 1. The number of anilines is 1. The first-order valence-electron chi connectivity index (χ1n) is 11.3. The molecule has 2 heterocycles. The molecule has 1 N–H and O–H groups in total. The van der Waals surface area contributed by atoms with Crippen LogP contribution in [0.25, 0.3) is 11.0 Å². The van der Waals surface area contributed by atoms with Crippen LogP contribution in [0.4, 0.5) is 10.1 Å². The molecule has 180 valence electrons. The third kappa shape index (κ3) is 4.72. The standard InChI is InChI=1S/C27H22FN5O3/c28-22-13-5-4-12-21(22)26(27(35)29-17-20-11-8-16-36-20)33(19-9-2-1-3-10-19)25(34)18-32-24-15-7-6-14-23(24)30-31-32/h1-16,26H,17-18H2,(H,29,35)/t26-/m1/s1. The lowest BCUT2D eigenvalue weighted by Gasteiger charge is -2.31. The van der Waals surface area contributed by atoms with E-state index in [1.165, 1.54) is 34.0 Å². The molecule has 0 radical (unpaired) electrons. The average Bonchev–Trinajstić information content (AvgIpc) is 3.57. The van der Waals surface area contributed by atoms with Gasteiger partial charge >= 0.3 is 0 Å². The van der Waals surface area contributed by atoms with E-state index in [0.29, 0.717) is 22.5 Å². The lowest BCUT2D eigenvalue weighted by Crippen LogP contribution is -2.45. The van der Waals surface area contributed by atoms with Crippen molar-refractivity contribution in [1.29, 1.82) is 0 Å². The van der Waals surface area contributed by atoms with Crippen molar-refractivity contribution in [2.24, 2.45) is 0 Å². The molecule has 2 amide bonds. The Morgan fingerprint density at radius 2 is 1.69 bits per heavy atom. The van der Waals surface area contributed by atoms with Crippen molar-refractivity contribution in [2.75, 3.05) is 4.90 Å². The fourth-order valence-corrected chi connectivity index (χ4v) is 4.04. The minimum atomic E-state index is -1.29. The number of hydrogen-bond acceptors (Lipinski definition) is 5. The van der Waals surface area contributed by atoms with Gasteiger partial charge in [0.05, 0.1) is 18.3 Å². The molecule has 0 fully saturated rings. The monoisotopic (exact) mass is 483 g/mol. The Bertz CT molecular complexity index is 1480. The number of benzene rings is 3. The predicted molar refractivity (Wildman–Crippen MR) is 131 cm³/mol. The third-order valence-corrected chi connectivity index (χ3v) is 5.73. The third-order valence-electron chi connectivity index (χ3n) is 5.73. The highest BCUT2D eigenvalue weighted by Crippen LogP contribution is 2.30. The van der Waals surface area contributed by atoms with E-state index in [1.807, 2.05) is 12.1 Å². The van der Waals surface area contributed by atoms with Crippen molar-refractivity contribution in [2.45, 2.75) is 19.1 Å². The number of para-hydroxylation sites is 2. The van der Waals surface area contributed by atoms with E-state index in [4.69, 9.17) is 4.42 Å². The van der Waals surface area contributed by atoms with Crippen molar-refractivity contribution >= 4 is 28.5 Å². The summed E-state index contributed by atoms with van der Waals surface area (Å²) in [6, 6.07) is 24.0. The molecule has 9 heteroatoms. The van der Waals surface area contributed by atoms with Crippen LogP contribution in [-0.2, 0) is 22.7 Å². The molecule has 5 aromatic rings. The van der Waals surface area contributed by atoms with Gasteiger partial charge in [0, 0.05) is 11.3 Å². The van der Waals surface area contributed by atoms with E-state index in [2.05, 4.69) is 15.6 Å². The van der Waals surface area contributed by atoms with Gasteiger partial charge in [-0.15, -0.1) is 5.10 Å². The summed E-state index contributed by atoms with van der Waals surface area (Å²) in [7, 11) is 0. The van der Waals surface area contributed by atoms with Crippen LogP contribution < -0.4 is 10.2 Å². The number of halogens is 1. The number of hydrogen-bond donors (Lipinski definition) is 1. The molecule has 8 nitrogen and oxygen atoms in total. The van der Waals surface area contributed by atoms with E-state index in [-0.39, 0.29) is 18.7 Å².